The number of anilines is 1. The summed E-state index contributed by atoms with van der Waals surface area (Å²) < 4.78 is 33.1. The maximum atomic E-state index is 13.6. The van der Waals surface area contributed by atoms with E-state index >= 15 is 0 Å². The summed E-state index contributed by atoms with van der Waals surface area (Å²) >= 11 is 0. The van der Waals surface area contributed by atoms with E-state index in [1.165, 1.54) is 4.68 Å². The Balaban J connectivity index is 1.67. The Morgan fingerprint density at radius 2 is 1.96 bits per heavy atom. The zero-order chi connectivity index (χ0) is 18.7. The molecule has 138 valence electrons. The third-order valence-corrected chi connectivity index (χ3v) is 4.00. The molecule has 0 saturated carbocycles. The van der Waals surface area contributed by atoms with Crippen LogP contribution < -0.4 is 5.32 Å². The summed E-state index contributed by atoms with van der Waals surface area (Å²) in [6.07, 6.45) is 0. The van der Waals surface area contributed by atoms with Gasteiger partial charge in [-0.3, -0.25) is 14.3 Å². The van der Waals surface area contributed by atoms with E-state index in [0.717, 1.165) is 12.1 Å². The normalized spacial score (nSPS) is 14.3. The number of nitrogens with zero attached hydrogens (tertiary/aromatic N) is 3. The van der Waals surface area contributed by atoms with Gasteiger partial charge in [-0.25, -0.2) is 8.78 Å². The van der Waals surface area contributed by atoms with E-state index in [2.05, 4.69) is 10.4 Å². The molecule has 7 nitrogen and oxygen atoms in total. The van der Waals surface area contributed by atoms with Crippen molar-refractivity contribution in [1.82, 2.24) is 14.7 Å². The first kappa shape index (κ1) is 18.0. The number of aryl methyl sites for hydroxylation is 1. The van der Waals surface area contributed by atoms with E-state index in [1.807, 2.05) is 0 Å². The summed E-state index contributed by atoms with van der Waals surface area (Å²) in [5, 5.41) is 6.53. The molecule has 0 spiro atoms. The van der Waals surface area contributed by atoms with Crippen LogP contribution in [0.4, 0.5) is 14.5 Å². The molecule has 1 aromatic carbocycles. The van der Waals surface area contributed by atoms with Crippen molar-refractivity contribution in [1.29, 1.82) is 0 Å². The summed E-state index contributed by atoms with van der Waals surface area (Å²) in [6.45, 7) is 3.48. The maximum absolute atomic E-state index is 13.6. The molecule has 1 saturated heterocycles. The van der Waals surface area contributed by atoms with Gasteiger partial charge in [-0.1, -0.05) is 0 Å². The monoisotopic (exact) mass is 364 g/mol. The molecule has 0 bridgehead atoms. The van der Waals surface area contributed by atoms with Gasteiger partial charge in [0.05, 0.1) is 18.9 Å². The van der Waals surface area contributed by atoms with Crippen LogP contribution in [0.5, 0.6) is 0 Å². The quantitative estimate of drug-likeness (QED) is 0.894. The summed E-state index contributed by atoms with van der Waals surface area (Å²) in [5.74, 6) is -2.35. The molecule has 1 aromatic heterocycles. The van der Waals surface area contributed by atoms with Crippen LogP contribution in [-0.2, 0) is 16.1 Å². The van der Waals surface area contributed by atoms with Crippen LogP contribution in [0.1, 0.15) is 16.2 Å². The number of rotatable bonds is 4. The number of halogens is 2. The van der Waals surface area contributed by atoms with Gasteiger partial charge in [0, 0.05) is 24.8 Å². The molecule has 9 heteroatoms. The molecule has 1 N–H and O–H groups in total. The highest BCUT2D eigenvalue weighted by molar-refractivity contribution is 5.93. The number of aromatic nitrogens is 2. The molecule has 3 rings (SSSR count). The molecular weight excluding hydrogens is 346 g/mol. The van der Waals surface area contributed by atoms with Gasteiger partial charge in [0.25, 0.3) is 5.91 Å². The Morgan fingerprint density at radius 3 is 2.65 bits per heavy atom. The fourth-order valence-electron chi connectivity index (χ4n) is 2.62. The van der Waals surface area contributed by atoms with E-state index in [9.17, 15) is 18.4 Å². The maximum Gasteiger partial charge on any atom is 0.274 e. The molecule has 2 heterocycles. The fourth-order valence-corrected chi connectivity index (χ4v) is 2.62. The number of ether oxygens (including phenoxy) is 1. The summed E-state index contributed by atoms with van der Waals surface area (Å²) in [4.78, 5) is 26.2. The van der Waals surface area contributed by atoms with Crippen LogP contribution in [0.25, 0.3) is 0 Å². The van der Waals surface area contributed by atoms with E-state index in [1.54, 1.807) is 17.9 Å². The number of carbonyl (C=O) groups is 2. The van der Waals surface area contributed by atoms with Crippen molar-refractivity contribution in [2.24, 2.45) is 0 Å². The lowest BCUT2D eigenvalue weighted by Gasteiger charge is -2.25. The predicted octanol–water partition coefficient (Wildman–Crippen LogP) is 1.58. The van der Waals surface area contributed by atoms with Crippen LogP contribution in [-0.4, -0.2) is 52.8 Å². The summed E-state index contributed by atoms with van der Waals surface area (Å²) in [6, 6.07) is 4.49. The molecule has 26 heavy (non-hydrogen) atoms. The number of benzene rings is 1. The van der Waals surface area contributed by atoms with Crippen molar-refractivity contribution in [2.75, 3.05) is 31.6 Å². The third kappa shape index (κ3) is 4.05. The van der Waals surface area contributed by atoms with Gasteiger partial charge < -0.3 is 15.0 Å². The van der Waals surface area contributed by atoms with Gasteiger partial charge in [-0.05, 0) is 25.1 Å². The molecule has 1 aliphatic heterocycles. The molecule has 0 aliphatic carbocycles. The molecular formula is C17H18F2N4O3. The van der Waals surface area contributed by atoms with Gasteiger partial charge in [0.15, 0.2) is 5.69 Å². The highest BCUT2D eigenvalue weighted by atomic mass is 19.1. The molecule has 1 aliphatic rings. The van der Waals surface area contributed by atoms with Gasteiger partial charge in [0.2, 0.25) is 5.91 Å². The van der Waals surface area contributed by atoms with Gasteiger partial charge in [-0.2, -0.15) is 5.10 Å². The molecule has 0 atom stereocenters. The Hall–Kier alpha value is -2.81. The Kier molecular flexibility index (Phi) is 5.27. The second-order valence-electron chi connectivity index (χ2n) is 5.91. The average Bonchev–Trinajstić information content (AvgIpc) is 2.98. The third-order valence-electron chi connectivity index (χ3n) is 4.00. The first-order valence-electron chi connectivity index (χ1n) is 8.10. The number of morpholine rings is 1. The number of amides is 2. The van der Waals surface area contributed by atoms with E-state index < -0.39 is 17.5 Å². The van der Waals surface area contributed by atoms with Crippen LogP contribution >= 0.6 is 0 Å². The minimum Gasteiger partial charge on any atom is -0.378 e. The number of hydrogen-bond donors (Lipinski definition) is 1. The molecule has 2 aromatic rings. The van der Waals surface area contributed by atoms with E-state index in [4.69, 9.17) is 4.74 Å². The van der Waals surface area contributed by atoms with Gasteiger partial charge in [0.1, 0.15) is 18.2 Å². The topological polar surface area (TPSA) is 76.5 Å². The van der Waals surface area contributed by atoms with Crippen LogP contribution in [0.3, 0.4) is 0 Å². The van der Waals surface area contributed by atoms with Crippen molar-refractivity contribution in [3.05, 3.63) is 47.3 Å². The second kappa shape index (κ2) is 7.61. The highest BCUT2D eigenvalue weighted by Gasteiger charge is 2.22. The molecule has 0 radical (unpaired) electrons. The smallest absolute Gasteiger partial charge is 0.274 e. The largest absolute Gasteiger partial charge is 0.378 e. The standard InChI is InChI=1S/C17H18F2N4O3/c1-11-8-15(17(25)22-4-6-26-7-5-22)21-23(11)10-16(24)20-14-3-2-12(18)9-13(14)19/h2-3,8-9H,4-7,10H2,1H3,(H,20,24). The molecule has 0 unspecified atom stereocenters. The van der Waals surface area contributed by atoms with Gasteiger partial charge in [-0.15, -0.1) is 0 Å². The number of nitrogens with one attached hydrogen (secondary N) is 1. The Morgan fingerprint density at radius 1 is 1.23 bits per heavy atom. The van der Waals surface area contributed by atoms with Crippen LogP contribution in [0, 0.1) is 18.6 Å². The highest BCUT2D eigenvalue weighted by Crippen LogP contribution is 2.15. The van der Waals surface area contributed by atoms with Crippen molar-refractivity contribution >= 4 is 17.5 Å². The Labute approximate surface area is 148 Å². The summed E-state index contributed by atoms with van der Waals surface area (Å²) in [5.41, 5.74) is 0.743. The molecule has 2 amide bonds. The van der Waals surface area contributed by atoms with Gasteiger partial charge >= 0.3 is 0 Å². The lowest BCUT2D eigenvalue weighted by Crippen LogP contribution is -2.40. The second-order valence-corrected chi connectivity index (χ2v) is 5.91. The van der Waals surface area contributed by atoms with Crippen LogP contribution in [0.15, 0.2) is 24.3 Å². The van der Waals surface area contributed by atoms with E-state index in [0.29, 0.717) is 38.1 Å². The first-order chi connectivity index (χ1) is 12.4. The fraction of sp³-hybridized carbons (Fsp3) is 0.353. The lowest BCUT2D eigenvalue weighted by molar-refractivity contribution is -0.117. The lowest BCUT2D eigenvalue weighted by atomic mass is 10.3. The predicted molar refractivity (Wildman–Crippen MR) is 88.7 cm³/mol. The SMILES string of the molecule is Cc1cc(C(=O)N2CCOCC2)nn1CC(=O)Nc1ccc(F)cc1F. The van der Waals surface area contributed by atoms with Crippen molar-refractivity contribution in [2.45, 2.75) is 13.5 Å². The van der Waals surface area contributed by atoms with Crippen LogP contribution in [0.2, 0.25) is 0 Å². The zero-order valence-electron chi connectivity index (χ0n) is 14.2. The molecule has 1 fully saturated rings. The van der Waals surface area contributed by atoms with Crippen molar-refractivity contribution in [3.63, 3.8) is 0 Å². The van der Waals surface area contributed by atoms with Crippen molar-refractivity contribution in [3.8, 4) is 0 Å². The van der Waals surface area contributed by atoms with E-state index in [-0.39, 0.29) is 23.8 Å². The number of hydrogen-bond acceptors (Lipinski definition) is 4. The summed E-state index contributed by atoms with van der Waals surface area (Å²) in [7, 11) is 0. The minimum absolute atomic E-state index is 0.120. The average molecular weight is 364 g/mol. The number of carbonyl (C=O) groups excluding carboxylic acids is 2. The zero-order valence-corrected chi connectivity index (χ0v) is 14.2. The van der Waals surface area contributed by atoms with Crippen molar-refractivity contribution < 1.29 is 23.1 Å². The Bertz CT molecular complexity index is 831. The first-order valence-corrected chi connectivity index (χ1v) is 8.10. The minimum atomic E-state index is -0.862.